The van der Waals surface area contributed by atoms with Crippen LogP contribution < -0.4 is 10.5 Å². The molecule has 0 aliphatic carbocycles. The lowest BCUT2D eigenvalue weighted by Gasteiger charge is -2.13. The van der Waals surface area contributed by atoms with Gasteiger partial charge in [-0.3, -0.25) is 0 Å². The number of ether oxygens (including phenoxy) is 1. The highest BCUT2D eigenvalue weighted by molar-refractivity contribution is 5.35. The summed E-state index contributed by atoms with van der Waals surface area (Å²) in [7, 11) is 0. The maximum atomic E-state index is 12.8. The van der Waals surface area contributed by atoms with Gasteiger partial charge in [-0.15, -0.1) is 0 Å². The Kier molecular flexibility index (Phi) is 3.95. The van der Waals surface area contributed by atoms with Gasteiger partial charge in [-0.25, -0.2) is 4.39 Å². The highest BCUT2D eigenvalue weighted by Crippen LogP contribution is 2.24. The monoisotopic (exact) mass is 245 g/mol. The molecule has 2 aromatic rings. The number of benzene rings is 2. The molecule has 0 aliphatic heterocycles. The quantitative estimate of drug-likeness (QED) is 0.895. The van der Waals surface area contributed by atoms with Crippen LogP contribution in [0.5, 0.6) is 5.75 Å². The van der Waals surface area contributed by atoms with E-state index in [4.69, 9.17) is 10.5 Å². The zero-order valence-electron chi connectivity index (χ0n) is 10.3. The van der Waals surface area contributed by atoms with Crippen LogP contribution in [0.1, 0.15) is 24.1 Å². The van der Waals surface area contributed by atoms with Crippen molar-refractivity contribution in [2.24, 2.45) is 5.73 Å². The Balaban J connectivity index is 2.08. The van der Waals surface area contributed by atoms with Crippen molar-refractivity contribution in [2.75, 3.05) is 0 Å². The highest BCUT2D eigenvalue weighted by atomic mass is 19.1. The van der Waals surface area contributed by atoms with Crippen molar-refractivity contribution >= 4 is 0 Å². The first-order valence-corrected chi connectivity index (χ1v) is 5.88. The molecule has 2 aromatic carbocycles. The number of nitrogens with two attached hydrogens (primary N) is 1. The molecule has 0 saturated heterocycles. The Labute approximate surface area is 106 Å². The van der Waals surface area contributed by atoms with Crippen LogP contribution in [0, 0.1) is 5.82 Å². The molecule has 2 rings (SSSR count). The third kappa shape index (κ3) is 3.08. The Hall–Kier alpha value is -1.87. The summed E-state index contributed by atoms with van der Waals surface area (Å²) in [6.07, 6.45) is 0. The number of halogens is 1. The van der Waals surface area contributed by atoms with Gasteiger partial charge in [-0.2, -0.15) is 0 Å². The van der Waals surface area contributed by atoms with Crippen molar-refractivity contribution in [2.45, 2.75) is 19.6 Å². The molecule has 0 aliphatic rings. The van der Waals surface area contributed by atoms with Gasteiger partial charge < -0.3 is 10.5 Å². The highest BCUT2D eigenvalue weighted by Gasteiger charge is 2.07. The summed E-state index contributed by atoms with van der Waals surface area (Å²) in [5.41, 5.74) is 7.77. The van der Waals surface area contributed by atoms with E-state index in [1.165, 1.54) is 12.1 Å². The number of para-hydroxylation sites is 1. The summed E-state index contributed by atoms with van der Waals surface area (Å²) in [5, 5.41) is 0. The second-order valence-electron chi connectivity index (χ2n) is 4.24. The van der Waals surface area contributed by atoms with Gasteiger partial charge in [-0.1, -0.05) is 30.3 Å². The fourth-order valence-corrected chi connectivity index (χ4v) is 1.73. The Morgan fingerprint density at radius 3 is 2.44 bits per heavy atom. The number of rotatable bonds is 4. The molecule has 0 spiro atoms. The summed E-state index contributed by atoms with van der Waals surface area (Å²) in [6, 6.07) is 13.9. The van der Waals surface area contributed by atoms with Crippen molar-refractivity contribution in [1.29, 1.82) is 0 Å². The molecule has 0 bridgehead atoms. The van der Waals surface area contributed by atoms with E-state index in [-0.39, 0.29) is 11.9 Å². The first kappa shape index (κ1) is 12.6. The molecule has 1 atom stereocenters. The zero-order chi connectivity index (χ0) is 13.0. The van der Waals surface area contributed by atoms with Crippen LogP contribution in [0.15, 0.2) is 48.5 Å². The van der Waals surface area contributed by atoms with Gasteiger partial charge in [0.05, 0.1) is 0 Å². The van der Waals surface area contributed by atoms with E-state index in [0.717, 1.165) is 16.9 Å². The van der Waals surface area contributed by atoms with Gasteiger partial charge in [0.15, 0.2) is 0 Å². The van der Waals surface area contributed by atoms with Crippen LogP contribution >= 0.6 is 0 Å². The summed E-state index contributed by atoms with van der Waals surface area (Å²) in [6.45, 7) is 2.32. The van der Waals surface area contributed by atoms with Crippen molar-refractivity contribution < 1.29 is 9.13 Å². The summed E-state index contributed by atoms with van der Waals surface area (Å²) in [4.78, 5) is 0. The standard InChI is InChI=1S/C15H16FNO/c1-11(17)14-4-2-3-5-15(14)18-10-12-6-8-13(16)9-7-12/h2-9,11H,10,17H2,1H3/t11-/m1/s1. The van der Waals surface area contributed by atoms with Gasteiger partial charge in [0.1, 0.15) is 18.2 Å². The first-order valence-electron chi connectivity index (χ1n) is 5.88. The second-order valence-corrected chi connectivity index (χ2v) is 4.24. The van der Waals surface area contributed by atoms with E-state index in [9.17, 15) is 4.39 Å². The molecular weight excluding hydrogens is 229 g/mol. The molecule has 3 heteroatoms. The summed E-state index contributed by atoms with van der Waals surface area (Å²) < 4.78 is 18.5. The topological polar surface area (TPSA) is 35.2 Å². The minimum Gasteiger partial charge on any atom is -0.489 e. The molecular formula is C15H16FNO. The summed E-state index contributed by atoms with van der Waals surface area (Å²) >= 11 is 0. The van der Waals surface area contributed by atoms with Crippen LogP contribution in [0.2, 0.25) is 0 Å². The maximum absolute atomic E-state index is 12.8. The smallest absolute Gasteiger partial charge is 0.124 e. The van der Waals surface area contributed by atoms with E-state index in [0.29, 0.717) is 6.61 Å². The molecule has 2 nitrogen and oxygen atoms in total. The predicted octanol–water partition coefficient (Wildman–Crippen LogP) is 3.42. The molecule has 18 heavy (non-hydrogen) atoms. The van der Waals surface area contributed by atoms with Crippen LogP contribution in [0.4, 0.5) is 4.39 Å². The van der Waals surface area contributed by atoms with Crippen molar-refractivity contribution in [3.8, 4) is 5.75 Å². The van der Waals surface area contributed by atoms with Crippen molar-refractivity contribution in [3.05, 3.63) is 65.5 Å². The molecule has 0 radical (unpaired) electrons. The Bertz CT molecular complexity index is 508. The molecule has 0 amide bonds. The Morgan fingerprint density at radius 2 is 1.78 bits per heavy atom. The van der Waals surface area contributed by atoms with Gasteiger partial charge in [0.2, 0.25) is 0 Å². The van der Waals surface area contributed by atoms with Crippen LogP contribution in [-0.2, 0) is 6.61 Å². The predicted molar refractivity (Wildman–Crippen MR) is 69.8 cm³/mol. The van der Waals surface area contributed by atoms with Gasteiger partial charge >= 0.3 is 0 Å². The lowest BCUT2D eigenvalue weighted by Crippen LogP contribution is -2.07. The average molecular weight is 245 g/mol. The molecule has 0 saturated carbocycles. The fraction of sp³-hybridized carbons (Fsp3) is 0.200. The van der Waals surface area contributed by atoms with Crippen molar-refractivity contribution in [3.63, 3.8) is 0 Å². The van der Waals surface area contributed by atoms with Crippen LogP contribution in [0.3, 0.4) is 0 Å². The molecule has 94 valence electrons. The Morgan fingerprint density at radius 1 is 1.11 bits per heavy atom. The van der Waals surface area contributed by atoms with Crippen LogP contribution in [0.25, 0.3) is 0 Å². The second kappa shape index (κ2) is 5.65. The number of hydrogen-bond donors (Lipinski definition) is 1. The first-order chi connectivity index (χ1) is 8.66. The minimum absolute atomic E-state index is 0.0746. The van der Waals surface area contributed by atoms with E-state index >= 15 is 0 Å². The van der Waals surface area contributed by atoms with Gasteiger partial charge in [0, 0.05) is 11.6 Å². The van der Waals surface area contributed by atoms with E-state index in [1.807, 2.05) is 31.2 Å². The molecule has 0 fully saturated rings. The van der Waals surface area contributed by atoms with E-state index < -0.39 is 0 Å². The fourth-order valence-electron chi connectivity index (χ4n) is 1.73. The molecule has 0 unspecified atom stereocenters. The third-order valence-corrected chi connectivity index (χ3v) is 2.72. The molecule has 0 aromatic heterocycles. The third-order valence-electron chi connectivity index (χ3n) is 2.72. The lowest BCUT2D eigenvalue weighted by atomic mass is 10.1. The molecule has 0 heterocycles. The normalized spacial score (nSPS) is 12.2. The SMILES string of the molecule is C[C@@H](N)c1ccccc1OCc1ccc(F)cc1. The maximum Gasteiger partial charge on any atom is 0.124 e. The van der Waals surface area contributed by atoms with Crippen LogP contribution in [-0.4, -0.2) is 0 Å². The zero-order valence-corrected chi connectivity index (χ0v) is 10.3. The van der Waals surface area contributed by atoms with Crippen molar-refractivity contribution in [1.82, 2.24) is 0 Å². The minimum atomic E-state index is -0.241. The van der Waals surface area contributed by atoms with Gasteiger partial charge in [-0.05, 0) is 30.7 Å². The average Bonchev–Trinajstić information content (AvgIpc) is 2.38. The van der Waals surface area contributed by atoms with E-state index in [1.54, 1.807) is 12.1 Å². The van der Waals surface area contributed by atoms with Gasteiger partial charge in [0.25, 0.3) is 0 Å². The van der Waals surface area contributed by atoms with E-state index in [2.05, 4.69) is 0 Å². The lowest BCUT2D eigenvalue weighted by molar-refractivity contribution is 0.301. The largest absolute Gasteiger partial charge is 0.489 e. The number of hydrogen-bond acceptors (Lipinski definition) is 2. The molecule has 2 N–H and O–H groups in total. The summed E-state index contributed by atoms with van der Waals surface area (Å²) in [5.74, 6) is 0.534.